The number of carbonyl (C=O) groups is 1. The van der Waals surface area contributed by atoms with Crippen LogP contribution in [0.2, 0.25) is 0 Å². The molecule has 4 heteroatoms. The predicted molar refractivity (Wildman–Crippen MR) is 75.4 cm³/mol. The van der Waals surface area contributed by atoms with Crippen LogP contribution in [-0.2, 0) is 4.74 Å². The first-order valence-corrected chi connectivity index (χ1v) is 6.95. The minimum absolute atomic E-state index is 0.00167. The van der Waals surface area contributed by atoms with Gasteiger partial charge in [-0.1, -0.05) is 29.3 Å². The van der Waals surface area contributed by atoms with E-state index in [1.54, 1.807) is 12.1 Å². The van der Waals surface area contributed by atoms with Gasteiger partial charge in [0.2, 0.25) is 0 Å². The van der Waals surface area contributed by atoms with E-state index in [2.05, 4.69) is 22.9 Å². The quantitative estimate of drug-likeness (QED) is 0.540. The fraction of sp³-hybridized carbons (Fsp3) is 0.500. The summed E-state index contributed by atoms with van der Waals surface area (Å²) < 4.78 is 11.8. The van der Waals surface area contributed by atoms with Gasteiger partial charge in [-0.25, -0.2) is 0 Å². The van der Waals surface area contributed by atoms with Crippen molar-refractivity contribution in [1.29, 1.82) is 0 Å². The van der Waals surface area contributed by atoms with Gasteiger partial charge in [0, 0.05) is 11.1 Å². The SMILES string of the molecule is CCCCOCCOc1ccc(Br)cc1C(C)=O. The van der Waals surface area contributed by atoms with Crippen LogP contribution in [0.25, 0.3) is 0 Å². The van der Waals surface area contributed by atoms with Crippen LogP contribution in [-0.4, -0.2) is 25.6 Å². The first kappa shape index (κ1) is 15.2. The molecule has 0 saturated carbocycles. The highest BCUT2D eigenvalue weighted by molar-refractivity contribution is 9.10. The van der Waals surface area contributed by atoms with Gasteiger partial charge in [-0.3, -0.25) is 4.79 Å². The monoisotopic (exact) mass is 314 g/mol. The molecule has 3 nitrogen and oxygen atoms in total. The molecule has 0 fully saturated rings. The molecule has 0 aliphatic heterocycles. The van der Waals surface area contributed by atoms with Gasteiger partial charge in [0.05, 0.1) is 12.2 Å². The second-order valence-electron chi connectivity index (χ2n) is 4.01. The van der Waals surface area contributed by atoms with Crippen molar-refractivity contribution < 1.29 is 14.3 Å². The van der Waals surface area contributed by atoms with Crippen molar-refractivity contribution in [3.05, 3.63) is 28.2 Å². The first-order valence-electron chi connectivity index (χ1n) is 6.16. The van der Waals surface area contributed by atoms with Crippen LogP contribution in [0.4, 0.5) is 0 Å². The molecule has 0 heterocycles. The summed E-state index contributed by atoms with van der Waals surface area (Å²) in [6.45, 7) is 5.44. The van der Waals surface area contributed by atoms with Crippen LogP contribution >= 0.6 is 15.9 Å². The second-order valence-corrected chi connectivity index (χ2v) is 4.93. The van der Waals surface area contributed by atoms with Crippen molar-refractivity contribution >= 4 is 21.7 Å². The molecule has 0 radical (unpaired) electrons. The number of ketones is 1. The summed E-state index contributed by atoms with van der Waals surface area (Å²) in [5.74, 6) is 0.614. The van der Waals surface area contributed by atoms with Crippen molar-refractivity contribution in [3.8, 4) is 5.75 Å². The summed E-state index contributed by atoms with van der Waals surface area (Å²) in [6.07, 6.45) is 2.19. The number of halogens is 1. The van der Waals surface area contributed by atoms with Gasteiger partial charge in [-0.05, 0) is 31.5 Å². The maximum atomic E-state index is 11.5. The fourth-order valence-electron chi connectivity index (χ4n) is 1.46. The highest BCUT2D eigenvalue weighted by atomic mass is 79.9. The van der Waals surface area contributed by atoms with Crippen molar-refractivity contribution in [2.75, 3.05) is 19.8 Å². The van der Waals surface area contributed by atoms with Gasteiger partial charge < -0.3 is 9.47 Å². The highest BCUT2D eigenvalue weighted by Crippen LogP contribution is 2.23. The van der Waals surface area contributed by atoms with Gasteiger partial charge in [-0.15, -0.1) is 0 Å². The second kappa shape index (κ2) is 8.27. The van der Waals surface area contributed by atoms with E-state index in [0.29, 0.717) is 24.5 Å². The zero-order valence-corrected chi connectivity index (χ0v) is 12.5. The Hall–Kier alpha value is -0.870. The van der Waals surface area contributed by atoms with Crippen LogP contribution in [0, 0.1) is 0 Å². The maximum absolute atomic E-state index is 11.5. The number of unbranched alkanes of at least 4 members (excludes halogenated alkanes) is 1. The molecular weight excluding hydrogens is 296 g/mol. The van der Waals surface area contributed by atoms with Gasteiger partial charge in [0.15, 0.2) is 5.78 Å². The van der Waals surface area contributed by atoms with Crippen LogP contribution in [0.5, 0.6) is 5.75 Å². The summed E-state index contributed by atoms with van der Waals surface area (Å²) in [7, 11) is 0. The Morgan fingerprint density at radius 3 is 2.72 bits per heavy atom. The lowest BCUT2D eigenvalue weighted by Gasteiger charge is -2.10. The van der Waals surface area contributed by atoms with Crippen molar-refractivity contribution in [2.45, 2.75) is 26.7 Å². The topological polar surface area (TPSA) is 35.5 Å². The summed E-state index contributed by atoms with van der Waals surface area (Å²) in [6, 6.07) is 5.43. The van der Waals surface area contributed by atoms with Crippen molar-refractivity contribution in [3.63, 3.8) is 0 Å². The molecule has 0 aliphatic carbocycles. The van der Waals surface area contributed by atoms with Crippen molar-refractivity contribution in [1.82, 2.24) is 0 Å². The third-order valence-electron chi connectivity index (χ3n) is 2.45. The Morgan fingerprint density at radius 2 is 2.06 bits per heavy atom. The van der Waals surface area contributed by atoms with Crippen LogP contribution < -0.4 is 4.74 Å². The van der Waals surface area contributed by atoms with E-state index in [4.69, 9.17) is 9.47 Å². The molecule has 0 amide bonds. The molecule has 100 valence electrons. The van der Waals surface area contributed by atoms with E-state index in [-0.39, 0.29) is 5.78 Å². The maximum Gasteiger partial charge on any atom is 0.163 e. The Balaban J connectivity index is 2.44. The average molecular weight is 315 g/mol. The number of hydrogen-bond acceptors (Lipinski definition) is 3. The zero-order valence-electron chi connectivity index (χ0n) is 10.9. The number of benzene rings is 1. The summed E-state index contributed by atoms with van der Waals surface area (Å²) in [5, 5.41) is 0. The highest BCUT2D eigenvalue weighted by Gasteiger charge is 2.08. The first-order chi connectivity index (χ1) is 8.65. The average Bonchev–Trinajstić information content (AvgIpc) is 2.35. The molecule has 0 aromatic heterocycles. The lowest BCUT2D eigenvalue weighted by Crippen LogP contribution is -2.09. The molecular formula is C14H19BrO3. The van der Waals surface area contributed by atoms with Gasteiger partial charge >= 0.3 is 0 Å². The Bertz CT molecular complexity index is 391. The third kappa shape index (κ3) is 5.19. The molecule has 0 spiro atoms. The zero-order chi connectivity index (χ0) is 13.4. The largest absolute Gasteiger partial charge is 0.490 e. The van der Waals surface area contributed by atoms with Crippen LogP contribution in [0.15, 0.2) is 22.7 Å². The van der Waals surface area contributed by atoms with E-state index in [9.17, 15) is 4.79 Å². The minimum Gasteiger partial charge on any atom is -0.490 e. The van der Waals surface area contributed by atoms with E-state index in [1.165, 1.54) is 6.92 Å². The lowest BCUT2D eigenvalue weighted by molar-refractivity contribution is 0.0948. The number of carbonyl (C=O) groups excluding carboxylic acids is 1. The summed E-state index contributed by atoms with van der Waals surface area (Å²) in [4.78, 5) is 11.5. The smallest absolute Gasteiger partial charge is 0.163 e. The Labute approximate surface area is 117 Å². The lowest BCUT2D eigenvalue weighted by atomic mass is 10.1. The van der Waals surface area contributed by atoms with Crippen LogP contribution in [0.1, 0.15) is 37.0 Å². The van der Waals surface area contributed by atoms with Gasteiger partial charge in [0.1, 0.15) is 12.4 Å². The number of rotatable bonds is 8. The Morgan fingerprint density at radius 1 is 1.28 bits per heavy atom. The molecule has 0 bridgehead atoms. The fourth-order valence-corrected chi connectivity index (χ4v) is 1.82. The molecule has 0 aliphatic rings. The van der Waals surface area contributed by atoms with Gasteiger partial charge in [0.25, 0.3) is 0 Å². The molecule has 0 N–H and O–H groups in total. The number of Topliss-reactive ketones (excluding diaryl/α,β-unsaturated/α-hetero) is 1. The predicted octanol–water partition coefficient (Wildman–Crippen LogP) is 3.85. The molecule has 0 unspecified atom stereocenters. The summed E-state index contributed by atoms with van der Waals surface area (Å²) in [5.41, 5.74) is 0.595. The van der Waals surface area contributed by atoms with E-state index in [1.807, 2.05) is 6.07 Å². The van der Waals surface area contributed by atoms with Crippen LogP contribution in [0.3, 0.4) is 0 Å². The molecule has 1 rings (SSSR count). The summed E-state index contributed by atoms with van der Waals surface area (Å²) >= 11 is 3.34. The molecule has 0 saturated heterocycles. The standard InChI is InChI=1S/C14H19BrO3/c1-3-4-7-17-8-9-18-14-6-5-12(15)10-13(14)11(2)16/h5-6,10H,3-4,7-9H2,1-2H3. The van der Waals surface area contributed by atoms with Crippen molar-refractivity contribution in [2.24, 2.45) is 0 Å². The molecule has 18 heavy (non-hydrogen) atoms. The normalized spacial score (nSPS) is 10.4. The van der Waals surface area contributed by atoms with E-state index < -0.39 is 0 Å². The molecule has 1 aromatic rings. The molecule has 0 atom stereocenters. The Kier molecular flexibility index (Phi) is 6.98. The third-order valence-corrected chi connectivity index (χ3v) is 2.94. The number of hydrogen-bond donors (Lipinski definition) is 0. The van der Waals surface area contributed by atoms with E-state index in [0.717, 1.165) is 23.9 Å². The van der Waals surface area contributed by atoms with E-state index >= 15 is 0 Å². The number of ether oxygens (including phenoxy) is 2. The van der Waals surface area contributed by atoms with Gasteiger partial charge in [-0.2, -0.15) is 0 Å². The molecule has 1 aromatic carbocycles. The minimum atomic E-state index is -0.00167.